The molecule has 0 heterocycles. The molecule has 0 aliphatic heterocycles. The fourth-order valence-corrected chi connectivity index (χ4v) is 1.51. The van der Waals surface area contributed by atoms with Crippen LogP contribution in [0.4, 0.5) is 0 Å². The Labute approximate surface area is 112 Å². The lowest BCUT2D eigenvalue weighted by atomic mass is 10.1. The molecule has 1 aromatic rings. The van der Waals surface area contributed by atoms with Gasteiger partial charge >= 0.3 is 11.9 Å². The number of ether oxygens (including phenoxy) is 2. The third-order valence-corrected chi connectivity index (χ3v) is 2.24. The van der Waals surface area contributed by atoms with E-state index in [1.165, 1.54) is 19.2 Å². The van der Waals surface area contributed by atoms with Crippen LogP contribution in [0.25, 0.3) is 0 Å². The number of esters is 2. The summed E-state index contributed by atoms with van der Waals surface area (Å²) in [5.41, 5.74) is 0.0836. The molecule has 104 valence electrons. The van der Waals surface area contributed by atoms with Crippen molar-refractivity contribution in [2.24, 2.45) is 0 Å². The largest absolute Gasteiger partial charge is 0.507 e. The van der Waals surface area contributed by atoms with Crippen molar-refractivity contribution in [3.8, 4) is 5.75 Å². The van der Waals surface area contributed by atoms with E-state index in [0.29, 0.717) is 5.56 Å². The highest BCUT2D eigenvalue weighted by Crippen LogP contribution is 2.20. The van der Waals surface area contributed by atoms with Crippen LogP contribution in [0.1, 0.15) is 36.7 Å². The Bertz CT molecular complexity index is 485. The number of hydrogen-bond donors (Lipinski definition) is 1. The molecule has 1 aromatic carbocycles. The second-order valence-electron chi connectivity index (χ2n) is 5.11. The summed E-state index contributed by atoms with van der Waals surface area (Å²) in [5.74, 6) is -1.23. The lowest BCUT2D eigenvalue weighted by molar-refractivity contribution is -0.153. The minimum absolute atomic E-state index is 0.0340. The Balaban J connectivity index is 2.79. The summed E-state index contributed by atoms with van der Waals surface area (Å²) < 4.78 is 9.68. The maximum atomic E-state index is 11.6. The van der Waals surface area contributed by atoms with E-state index in [-0.39, 0.29) is 17.7 Å². The maximum Gasteiger partial charge on any atom is 0.341 e. The Morgan fingerprint density at radius 3 is 2.37 bits per heavy atom. The average Bonchev–Trinajstić information content (AvgIpc) is 2.25. The van der Waals surface area contributed by atoms with Gasteiger partial charge in [-0.15, -0.1) is 0 Å². The van der Waals surface area contributed by atoms with Crippen molar-refractivity contribution in [3.05, 3.63) is 29.3 Å². The zero-order valence-corrected chi connectivity index (χ0v) is 11.5. The maximum absolute atomic E-state index is 11.6. The monoisotopic (exact) mass is 266 g/mol. The predicted octanol–water partition coefficient (Wildman–Crippen LogP) is 2.06. The summed E-state index contributed by atoms with van der Waals surface area (Å²) in [4.78, 5) is 22.9. The summed E-state index contributed by atoms with van der Waals surface area (Å²) in [6.07, 6.45) is 0.0340. The van der Waals surface area contributed by atoms with Gasteiger partial charge in [-0.25, -0.2) is 4.79 Å². The SMILES string of the molecule is COC(=O)c1ccc(CC(=O)OC(C)(C)C)cc1O. The van der Waals surface area contributed by atoms with Gasteiger partial charge in [-0.05, 0) is 38.5 Å². The van der Waals surface area contributed by atoms with Crippen molar-refractivity contribution in [1.82, 2.24) is 0 Å². The van der Waals surface area contributed by atoms with Gasteiger partial charge in [-0.2, -0.15) is 0 Å². The van der Waals surface area contributed by atoms with Crippen molar-refractivity contribution in [2.75, 3.05) is 7.11 Å². The van der Waals surface area contributed by atoms with Crippen LogP contribution in [0, 0.1) is 0 Å². The van der Waals surface area contributed by atoms with Crippen LogP contribution in [0.3, 0.4) is 0 Å². The van der Waals surface area contributed by atoms with E-state index in [1.54, 1.807) is 26.8 Å². The highest BCUT2D eigenvalue weighted by Gasteiger charge is 2.18. The minimum atomic E-state index is -0.624. The van der Waals surface area contributed by atoms with Crippen molar-refractivity contribution in [1.29, 1.82) is 0 Å². The topological polar surface area (TPSA) is 72.8 Å². The molecule has 0 bridgehead atoms. The number of benzene rings is 1. The molecule has 5 nitrogen and oxygen atoms in total. The summed E-state index contributed by atoms with van der Waals surface area (Å²) in [5, 5.41) is 9.69. The van der Waals surface area contributed by atoms with Gasteiger partial charge < -0.3 is 14.6 Å². The molecule has 0 saturated carbocycles. The van der Waals surface area contributed by atoms with E-state index < -0.39 is 17.5 Å². The molecule has 0 amide bonds. The van der Waals surface area contributed by atoms with Crippen LogP contribution in [-0.2, 0) is 20.7 Å². The lowest BCUT2D eigenvalue weighted by Crippen LogP contribution is -2.24. The molecule has 0 fully saturated rings. The van der Waals surface area contributed by atoms with Gasteiger partial charge in [0.1, 0.15) is 16.9 Å². The fraction of sp³-hybridized carbons (Fsp3) is 0.429. The lowest BCUT2D eigenvalue weighted by Gasteiger charge is -2.19. The van der Waals surface area contributed by atoms with Crippen LogP contribution in [0.2, 0.25) is 0 Å². The molecule has 0 unspecified atom stereocenters. The molecule has 0 spiro atoms. The Morgan fingerprint density at radius 1 is 1.26 bits per heavy atom. The smallest absolute Gasteiger partial charge is 0.341 e. The van der Waals surface area contributed by atoms with Crippen LogP contribution in [-0.4, -0.2) is 29.8 Å². The zero-order chi connectivity index (χ0) is 14.6. The van der Waals surface area contributed by atoms with E-state index in [4.69, 9.17) is 4.74 Å². The summed E-state index contributed by atoms with van der Waals surface area (Å²) in [6, 6.07) is 4.35. The van der Waals surface area contributed by atoms with Crippen LogP contribution < -0.4 is 0 Å². The number of methoxy groups -OCH3 is 1. The zero-order valence-electron chi connectivity index (χ0n) is 11.5. The second-order valence-corrected chi connectivity index (χ2v) is 5.11. The highest BCUT2D eigenvalue weighted by atomic mass is 16.6. The van der Waals surface area contributed by atoms with Gasteiger partial charge in [0.05, 0.1) is 13.5 Å². The van der Waals surface area contributed by atoms with Gasteiger partial charge in [0.15, 0.2) is 0 Å². The molecular weight excluding hydrogens is 248 g/mol. The Morgan fingerprint density at radius 2 is 1.89 bits per heavy atom. The molecule has 0 aliphatic carbocycles. The van der Waals surface area contributed by atoms with Gasteiger partial charge in [-0.1, -0.05) is 6.07 Å². The quantitative estimate of drug-likeness (QED) is 0.848. The highest BCUT2D eigenvalue weighted by molar-refractivity contribution is 5.92. The number of rotatable bonds is 3. The van der Waals surface area contributed by atoms with Crippen LogP contribution >= 0.6 is 0 Å². The van der Waals surface area contributed by atoms with E-state index in [0.717, 1.165) is 0 Å². The van der Waals surface area contributed by atoms with Crippen molar-refractivity contribution in [3.63, 3.8) is 0 Å². The predicted molar refractivity (Wildman–Crippen MR) is 69.0 cm³/mol. The van der Waals surface area contributed by atoms with E-state index in [9.17, 15) is 14.7 Å². The normalized spacial score (nSPS) is 10.9. The summed E-state index contributed by atoms with van der Waals surface area (Å²) in [7, 11) is 1.23. The number of carbonyl (C=O) groups is 2. The van der Waals surface area contributed by atoms with E-state index >= 15 is 0 Å². The average molecular weight is 266 g/mol. The molecule has 0 aliphatic rings. The molecule has 19 heavy (non-hydrogen) atoms. The number of phenolic OH excluding ortho intramolecular Hbond substituents is 1. The molecular formula is C14H18O5. The van der Waals surface area contributed by atoms with Gasteiger partial charge in [-0.3, -0.25) is 4.79 Å². The molecule has 1 rings (SSSR count). The molecule has 0 aromatic heterocycles. The molecule has 0 saturated heterocycles. The van der Waals surface area contributed by atoms with E-state index in [2.05, 4.69) is 4.74 Å². The Kier molecular flexibility index (Phi) is 4.53. The van der Waals surface area contributed by atoms with Crippen molar-refractivity contribution >= 4 is 11.9 Å². The first kappa shape index (κ1) is 15.0. The fourth-order valence-electron chi connectivity index (χ4n) is 1.51. The third kappa shape index (κ3) is 4.62. The first-order chi connectivity index (χ1) is 8.73. The van der Waals surface area contributed by atoms with Gasteiger partial charge in [0.25, 0.3) is 0 Å². The first-order valence-corrected chi connectivity index (χ1v) is 5.85. The molecule has 0 radical (unpaired) electrons. The number of carbonyl (C=O) groups excluding carboxylic acids is 2. The minimum Gasteiger partial charge on any atom is -0.507 e. The van der Waals surface area contributed by atoms with Gasteiger partial charge in [0, 0.05) is 0 Å². The van der Waals surface area contributed by atoms with Crippen molar-refractivity contribution in [2.45, 2.75) is 32.8 Å². The van der Waals surface area contributed by atoms with Gasteiger partial charge in [0.2, 0.25) is 0 Å². The van der Waals surface area contributed by atoms with E-state index in [1.807, 2.05) is 0 Å². The van der Waals surface area contributed by atoms with Crippen LogP contribution in [0.15, 0.2) is 18.2 Å². The Hall–Kier alpha value is -2.04. The number of hydrogen-bond acceptors (Lipinski definition) is 5. The third-order valence-electron chi connectivity index (χ3n) is 2.24. The molecule has 5 heteroatoms. The summed E-state index contributed by atoms with van der Waals surface area (Å²) in [6.45, 7) is 5.34. The first-order valence-electron chi connectivity index (χ1n) is 5.85. The van der Waals surface area contributed by atoms with Crippen molar-refractivity contribution < 1.29 is 24.2 Å². The molecule has 0 atom stereocenters. The number of aromatic hydroxyl groups is 1. The van der Waals surface area contributed by atoms with Crippen LogP contribution in [0.5, 0.6) is 5.75 Å². The summed E-state index contributed by atoms with van der Waals surface area (Å²) >= 11 is 0. The second kappa shape index (κ2) is 5.73. The number of phenols is 1. The molecule has 1 N–H and O–H groups in total. The standard InChI is InChI=1S/C14H18O5/c1-14(2,3)19-12(16)8-9-5-6-10(11(15)7-9)13(17)18-4/h5-7,15H,8H2,1-4H3.